The van der Waals surface area contributed by atoms with Crippen molar-refractivity contribution < 1.29 is 4.79 Å². The Kier molecular flexibility index (Phi) is 5.89. The maximum atomic E-state index is 13.6. The average Bonchev–Trinajstić information content (AvgIpc) is 2.85. The zero-order chi connectivity index (χ0) is 22.8. The van der Waals surface area contributed by atoms with Gasteiger partial charge < -0.3 is 10.2 Å². The van der Waals surface area contributed by atoms with Gasteiger partial charge in [0.2, 0.25) is 0 Å². The van der Waals surface area contributed by atoms with Crippen LogP contribution in [0, 0.1) is 0 Å². The molecule has 0 bridgehead atoms. The van der Waals surface area contributed by atoms with Gasteiger partial charge in [0.25, 0.3) is 5.91 Å². The van der Waals surface area contributed by atoms with Gasteiger partial charge >= 0.3 is 0 Å². The van der Waals surface area contributed by atoms with E-state index in [9.17, 15) is 4.79 Å². The number of benzene rings is 4. The highest BCUT2D eigenvalue weighted by Gasteiger charge is 2.34. The Morgan fingerprint density at radius 2 is 1.42 bits per heavy atom. The standard InChI is InChI=1S/C29H25ClN2O/c1-20-19-27(31-25-7-3-2-4-8-25)26-9-5-6-10-28(26)32(20)29(33)23-13-11-21(12-14-23)22-15-17-24(30)18-16-22/h2-18,20,27,31H,19H2,1H3/t20-,27+/m1/s1. The summed E-state index contributed by atoms with van der Waals surface area (Å²) in [6.07, 6.45) is 0.834. The third-order valence-electron chi connectivity index (χ3n) is 6.23. The van der Waals surface area contributed by atoms with Crippen molar-refractivity contribution in [2.45, 2.75) is 25.4 Å². The average molecular weight is 453 g/mol. The minimum absolute atomic E-state index is 0.0239. The lowest BCUT2D eigenvalue weighted by Crippen LogP contribution is -2.44. The van der Waals surface area contributed by atoms with E-state index in [1.165, 1.54) is 0 Å². The molecule has 0 unspecified atom stereocenters. The molecule has 3 nitrogen and oxygen atoms in total. The smallest absolute Gasteiger partial charge is 0.258 e. The number of fused-ring (bicyclic) bond motifs is 1. The molecule has 164 valence electrons. The fraction of sp³-hybridized carbons (Fsp3) is 0.138. The van der Waals surface area contributed by atoms with Crippen molar-refractivity contribution >= 4 is 28.9 Å². The normalized spacial score (nSPS) is 17.3. The summed E-state index contributed by atoms with van der Waals surface area (Å²) in [4.78, 5) is 15.6. The van der Waals surface area contributed by atoms with E-state index in [0.717, 1.165) is 34.5 Å². The van der Waals surface area contributed by atoms with Crippen molar-refractivity contribution in [2.24, 2.45) is 0 Å². The second kappa shape index (κ2) is 9.13. The monoisotopic (exact) mass is 452 g/mol. The number of halogens is 1. The summed E-state index contributed by atoms with van der Waals surface area (Å²) in [5.41, 5.74) is 6.01. The second-order valence-electron chi connectivity index (χ2n) is 8.47. The zero-order valence-corrected chi connectivity index (χ0v) is 19.2. The quantitative estimate of drug-likeness (QED) is 0.345. The van der Waals surface area contributed by atoms with Gasteiger partial charge in [-0.15, -0.1) is 0 Å². The molecule has 33 heavy (non-hydrogen) atoms. The van der Waals surface area contributed by atoms with E-state index in [1.54, 1.807) is 0 Å². The van der Waals surface area contributed by atoms with Crippen LogP contribution < -0.4 is 10.2 Å². The lowest BCUT2D eigenvalue weighted by atomic mass is 9.90. The summed E-state index contributed by atoms with van der Waals surface area (Å²) >= 11 is 6.01. The summed E-state index contributed by atoms with van der Waals surface area (Å²) in [7, 11) is 0. The first-order valence-corrected chi connectivity index (χ1v) is 11.6. The lowest BCUT2D eigenvalue weighted by molar-refractivity contribution is 0.0974. The SMILES string of the molecule is C[C@@H]1C[C@H](Nc2ccccc2)c2ccccc2N1C(=O)c1ccc(-c2ccc(Cl)cc2)cc1. The maximum absolute atomic E-state index is 13.6. The van der Waals surface area contributed by atoms with Crippen LogP contribution in [-0.2, 0) is 0 Å². The highest BCUT2D eigenvalue weighted by atomic mass is 35.5. The number of carbonyl (C=O) groups is 1. The summed E-state index contributed by atoms with van der Waals surface area (Å²) in [5, 5.41) is 4.36. The third-order valence-corrected chi connectivity index (χ3v) is 6.48. The number of anilines is 2. The Morgan fingerprint density at radius 1 is 0.818 bits per heavy atom. The third kappa shape index (κ3) is 4.37. The van der Waals surface area contributed by atoms with Crippen molar-refractivity contribution in [1.82, 2.24) is 0 Å². The summed E-state index contributed by atoms with van der Waals surface area (Å²) in [5.74, 6) is 0.0239. The zero-order valence-electron chi connectivity index (χ0n) is 18.4. The van der Waals surface area contributed by atoms with Gasteiger partial charge in [0.15, 0.2) is 0 Å². The number of nitrogens with zero attached hydrogens (tertiary/aromatic N) is 1. The number of hydrogen-bond donors (Lipinski definition) is 1. The maximum Gasteiger partial charge on any atom is 0.258 e. The molecule has 0 aromatic heterocycles. The minimum atomic E-state index is 0.0239. The van der Waals surface area contributed by atoms with E-state index in [1.807, 2.05) is 89.8 Å². The van der Waals surface area contributed by atoms with Crippen LogP contribution in [-0.4, -0.2) is 11.9 Å². The van der Waals surface area contributed by atoms with Crippen LogP contribution in [0.5, 0.6) is 0 Å². The number of rotatable bonds is 4. The Bertz CT molecular complexity index is 1250. The van der Waals surface area contributed by atoms with Crippen molar-refractivity contribution in [3.05, 3.63) is 119 Å². The highest BCUT2D eigenvalue weighted by molar-refractivity contribution is 6.30. The van der Waals surface area contributed by atoms with Crippen molar-refractivity contribution in [3.8, 4) is 11.1 Å². The van der Waals surface area contributed by atoms with Gasteiger partial charge in [-0.3, -0.25) is 4.79 Å². The fourth-order valence-electron chi connectivity index (χ4n) is 4.58. The first-order valence-electron chi connectivity index (χ1n) is 11.2. The molecule has 4 aromatic rings. The number of carbonyl (C=O) groups excluding carboxylic acids is 1. The summed E-state index contributed by atoms with van der Waals surface area (Å²) < 4.78 is 0. The largest absolute Gasteiger partial charge is 0.378 e. The van der Waals surface area contributed by atoms with Crippen LogP contribution in [0.25, 0.3) is 11.1 Å². The molecule has 1 N–H and O–H groups in total. The molecule has 0 fully saturated rings. The Balaban J connectivity index is 1.42. The molecule has 1 aliphatic rings. The Hall–Kier alpha value is -3.56. The molecule has 1 aliphatic heterocycles. The predicted octanol–water partition coefficient (Wildman–Crippen LogP) is 7.60. The van der Waals surface area contributed by atoms with Gasteiger partial charge in [-0.25, -0.2) is 0 Å². The summed E-state index contributed by atoms with van der Waals surface area (Å²) in [6, 6.07) is 34.2. The van der Waals surface area contributed by atoms with Gasteiger partial charge in [-0.05, 0) is 72.5 Å². The molecule has 1 amide bonds. The molecule has 5 rings (SSSR count). The molecule has 0 saturated heterocycles. The first-order chi connectivity index (χ1) is 16.1. The molecule has 4 aromatic carbocycles. The van der Waals surface area contributed by atoms with E-state index >= 15 is 0 Å². The van der Waals surface area contributed by atoms with Gasteiger partial charge in [0.1, 0.15) is 0 Å². The molecular formula is C29H25ClN2O. The molecular weight excluding hydrogens is 428 g/mol. The van der Waals surface area contributed by atoms with Crippen LogP contribution >= 0.6 is 11.6 Å². The van der Waals surface area contributed by atoms with Crippen molar-refractivity contribution in [2.75, 3.05) is 10.2 Å². The second-order valence-corrected chi connectivity index (χ2v) is 8.90. The van der Waals surface area contributed by atoms with E-state index in [-0.39, 0.29) is 18.0 Å². The summed E-state index contributed by atoms with van der Waals surface area (Å²) in [6.45, 7) is 2.12. The molecule has 0 spiro atoms. The number of nitrogens with one attached hydrogen (secondary N) is 1. The van der Waals surface area contributed by atoms with Crippen LogP contribution in [0.1, 0.15) is 35.3 Å². The number of amides is 1. The van der Waals surface area contributed by atoms with E-state index in [4.69, 9.17) is 11.6 Å². The number of para-hydroxylation sites is 2. The topological polar surface area (TPSA) is 32.3 Å². The molecule has 0 radical (unpaired) electrons. The minimum Gasteiger partial charge on any atom is -0.378 e. The van der Waals surface area contributed by atoms with Gasteiger partial charge in [0, 0.05) is 28.0 Å². The van der Waals surface area contributed by atoms with Crippen LogP contribution in [0.15, 0.2) is 103 Å². The molecule has 4 heteroatoms. The van der Waals surface area contributed by atoms with Crippen molar-refractivity contribution in [1.29, 1.82) is 0 Å². The number of hydrogen-bond acceptors (Lipinski definition) is 2. The van der Waals surface area contributed by atoms with E-state index < -0.39 is 0 Å². The van der Waals surface area contributed by atoms with Gasteiger partial charge in [0.05, 0.1) is 6.04 Å². The van der Waals surface area contributed by atoms with Crippen molar-refractivity contribution in [3.63, 3.8) is 0 Å². The highest BCUT2D eigenvalue weighted by Crippen LogP contribution is 2.39. The Labute approximate surface area is 199 Å². The Morgan fingerprint density at radius 3 is 2.12 bits per heavy atom. The van der Waals surface area contributed by atoms with E-state index in [2.05, 4.69) is 30.4 Å². The van der Waals surface area contributed by atoms with Gasteiger partial charge in [-0.1, -0.05) is 72.3 Å². The van der Waals surface area contributed by atoms with Crippen LogP contribution in [0.3, 0.4) is 0 Å². The molecule has 0 saturated carbocycles. The van der Waals surface area contributed by atoms with Crippen LogP contribution in [0.2, 0.25) is 5.02 Å². The van der Waals surface area contributed by atoms with Gasteiger partial charge in [-0.2, -0.15) is 0 Å². The molecule has 2 atom stereocenters. The lowest BCUT2D eigenvalue weighted by Gasteiger charge is -2.40. The first kappa shape index (κ1) is 21.3. The van der Waals surface area contributed by atoms with E-state index in [0.29, 0.717) is 10.6 Å². The fourth-order valence-corrected chi connectivity index (χ4v) is 4.71. The predicted molar refractivity (Wildman–Crippen MR) is 137 cm³/mol. The van der Waals surface area contributed by atoms with Crippen LogP contribution in [0.4, 0.5) is 11.4 Å². The molecule has 1 heterocycles. The molecule has 0 aliphatic carbocycles.